The molecular weight excluding hydrogens is 1650 g/mol. The molecule has 6 aromatic heterocycles. The summed E-state index contributed by atoms with van der Waals surface area (Å²) in [6, 6.07) is 48.5. The van der Waals surface area contributed by atoms with Crippen LogP contribution in [0.15, 0.2) is 260 Å². The number of hydrogen-bond acceptors (Lipinski definition) is 16. The predicted octanol–water partition coefficient (Wildman–Crippen LogP) is 24.6. The molecule has 18 nitrogen and oxygen atoms in total. The number of Topliss-reactive ketones (excluding diaryl/α,β-unsaturated/α-hetero) is 1. The molecule has 118 heavy (non-hydrogen) atoms. The standard InChI is InChI=1S/C15H14F3N3O.C15H13F3N2O.C14H13F3N2.C13H9F3N2O2.C12H8BrF3N2.C12H10F3N3/c1-2-13(22)21-12-7-4-8-19-14(12)20-11-6-3-5-10(9-11)15(16,17)18;1-2-13(21)12-7-4-8-19-14(12)20-11-6-3-5-10(9-11)15(16,17)18;1-2-10-5-4-8-18-13(10)19-12-7-3-6-11(9-12)14(15,16)17;14-13(15,16)8-3-1-4-9(7-8)18-11-10(12(19)20)5-2-6-17-11;13-10-5-2-6-17-11(10)18-9-4-1-3-8(7-9)12(14,15)16;13-12(14,15)8-3-1-4-9(7-8)18-11-10(16)5-2-6-17-11/h3-9H,2H2,1H3,(H,19,20)(H,21,22);3-9H,2H2,1H3,(H,19,20);3-9H,2H2,1H3,(H,18,19);1-7H,(H,17,18)(H,19,20);1-7H,(H,17,18);1-7H,16H2,(H,17,18). The van der Waals surface area contributed by atoms with Crippen LogP contribution in [0.3, 0.4) is 0 Å². The minimum absolute atomic E-state index is 0.0145. The molecule has 12 aromatic rings. The number of aromatic nitrogens is 6. The number of benzene rings is 6. The number of nitrogens with one attached hydrogen (secondary N) is 7. The second-order valence-electron chi connectivity index (χ2n) is 24.0. The number of aromatic carboxylic acids is 1. The van der Waals surface area contributed by atoms with Crippen molar-refractivity contribution in [2.45, 2.75) is 77.1 Å². The number of rotatable bonds is 18. The molecule has 0 bridgehead atoms. The molecule has 6 aromatic carbocycles. The monoisotopic (exact) mass is 1720 g/mol. The molecule has 0 aliphatic heterocycles. The number of amides is 1. The average Bonchev–Trinajstić information content (AvgIpc) is 0.865. The quantitative estimate of drug-likeness (QED) is 0.0286. The smallest absolute Gasteiger partial charge is 0.416 e. The van der Waals surface area contributed by atoms with E-state index in [2.05, 4.69) is 83.1 Å². The van der Waals surface area contributed by atoms with Gasteiger partial charge in [0.1, 0.15) is 28.8 Å². The first-order valence-electron chi connectivity index (χ1n) is 34.4. The van der Waals surface area contributed by atoms with Crippen molar-refractivity contribution in [3.63, 3.8) is 0 Å². The van der Waals surface area contributed by atoms with Gasteiger partial charge in [0.05, 0.1) is 54.8 Å². The SMILES string of the molecule is CCC(=O)Nc1cccnc1Nc1cccc(C(F)(F)F)c1.CCC(=O)c1cccnc1Nc1cccc(C(F)(F)F)c1.CCc1cccnc1Nc1cccc(C(F)(F)F)c1.FC(F)(F)c1cccc(Nc2ncccc2Br)c1.Nc1cccnc1Nc1cccc(C(F)(F)F)c1.O=C(O)c1cccnc1Nc1cccc(C(F)(F)F)c1. The Morgan fingerprint density at radius 3 is 0.975 bits per heavy atom. The van der Waals surface area contributed by atoms with Gasteiger partial charge in [0.15, 0.2) is 17.4 Å². The average molecular weight is 1720 g/mol. The van der Waals surface area contributed by atoms with E-state index in [0.29, 0.717) is 56.7 Å². The van der Waals surface area contributed by atoms with E-state index in [0.717, 1.165) is 84.8 Å². The minimum atomic E-state index is -4.46. The highest BCUT2D eigenvalue weighted by molar-refractivity contribution is 9.10. The van der Waals surface area contributed by atoms with Crippen LogP contribution in [0, 0.1) is 0 Å². The topological polar surface area (TPSA) is 259 Å². The lowest BCUT2D eigenvalue weighted by atomic mass is 10.1. The molecule has 6 heterocycles. The summed E-state index contributed by atoms with van der Waals surface area (Å²) in [5.74, 6) is 0.356. The number of nitrogens with two attached hydrogens (primary N) is 1. The maximum Gasteiger partial charge on any atom is 0.416 e. The second kappa shape index (κ2) is 41.8. The van der Waals surface area contributed by atoms with Crippen molar-refractivity contribution in [2.24, 2.45) is 0 Å². The summed E-state index contributed by atoms with van der Waals surface area (Å²) in [5, 5.41) is 28.2. The van der Waals surface area contributed by atoms with Gasteiger partial charge in [-0.15, -0.1) is 0 Å². The maximum absolute atomic E-state index is 12.7. The largest absolute Gasteiger partial charge is 0.478 e. The van der Waals surface area contributed by atoms with E-state index in [1.807, 2.05) is 13.0 Å². The zero-order valence-corrected chi connectivity index (χ0v) is 63.1. The van der Waals surface area contributed by atoms with Gasteiger partial charge in [0, 0.05) is 84.1 Å². The van der Waals surface area contributed by atoms with Gasteiger partial charge in [-0.05, 0) is 204 Å². The summed E-state index contributed by atoms with van der Waals surface area (Å²) in [6.45, 7) is 5.38. The molecule has 0 atom stereocenters. The zero-order valence-electron chi connectivity index (χ0n) is 61.5. The van der Waals surface area contributed by atoms with E-state index in [1.165, 1.54) is 97.6 Å². The van der Waals surface area contributed by atoms with Crippen molar-refractivity contribution in [3.05, 3.63) is 310 Å². The first-order chi connectivity index (χ1) is 55.6. The Morgan fingerprint density at radius 2 is 0.627 bits per heavy atom. The van der Waals surface area contributed by atoms with Gasteiger partial charge in [0.2, 0.25) is 5.91 Å². The summed E-state index contributed by atoms with van der Waals surface area (Å²) in [7, 11) is 0. The van der Waals surface area contributed by atoms with Crippen LogP contribution in [0.2, 0.25) is 0 Å². The first-order valence-corrected chi connectivity index (χ1v) is 35.2. The van der Waals surface area contributed by atoms with Gasteiger partial charge in [-0.3, -0.25) is 9.59 Å². The van der Waals surface area contributed by atoms with Gasteiger partial charge in [-0.2, -0.15) is 79.0 Å². The number of halogens is 19. The third-order valence-corrected chi connectivity index (χ3v) is 16.1. The fourth-order valence-electron chi connectivity index (χ4n) is 9.74. The Balaban J connectivity index is 0.000000196. The Bertz CT molecular complexity index is 5220. The number of ketones is 1. The number of nitrogen functional groups attached to an aromatic ring is 1. The molecule has 0 spiro atoms. The molecule has 37 heteroatoms. The molecule has 0 radical (unpaired) electrons. The summed E-state index contributed by atoms with van der Waals surface area (Å²) < 4.78 is 228. The number of carboxylic acids is 1. The summed E-state index contributed by atoms with van der Waals surface area (Å²) in [5.41, 5.74) is 4.77. The van der Waals surface area contributed by atoms with Crippen molar-refractivity contribution in [1.82, 2.24) is 29.9 Å². The number of carbonyl (C=O) groups excluding carboxylic acids is 2. The van der Waals surface area contributed by atoms with Gasteiger partial charge < -0.3 is 48.1 Å². The van der Waals surface area contributed by atoms with Crippen molar-refractivity contribution >= 4 is 114 Å². The third-order valence-electron chi connectivity index (χ3n) is 15.5. The first kappa shape index (κ1) is 91.8. The molecule has 0 aliphatic rings. The van der Waals surface area contributed by atoms with E-state index >= 15 is 0 Å². The van der Waals surface area contributed by atoms with Crippen LogP contribution in [-0.4, -0.2) is 52.7 Å². The van der Waals surface area contributed by atoms with Crippen LogP contribution in [0.4, 0.5) is 159 Å². The minimum Gasteiger partial charge on any atom is -0.478 e. The van der Waals surface area contributed by atoms with Crippen molar-refractivity contribution in [3.8, 4) is 0 Å². The van der Waals surface area contributed by atoms with Gasteiger partial charge in [0.25, 0.3) is 0 Å². The fraction of sp³-hybridized carbons (Fsp3) is 0.148. The van der Waals surface area contributed by atoms with Crippen LogP contribution in [0.1, 0.15) is 93.3 Å². The third kappa shape index (κ3) is 29.2. The number of nitrogens with zero attached hydrogens (tertiary/aromatic N) is 6. The van der Waals surface area contributed by atoms with E-state index in [1.54, 1.807) is 93.0 Å². The number of carboxylic acid groups (broad SMARTS) is 1. The van der Waals surface area contributed by atoms with Crippen molar-refractivity contribution < 1.29 is 98.5 Å². The summed E-state index contributed by atoms with van der Waals surface area (Å²) in [6.07, 6.45) is -16.0. The normalized spacial score (nSPS) is 11.2. The zero-order chi connectivity index (χ0) is 86.6. The molecule has 0 aliphatic carbocycles. The van der Waals surface area contributed by atoms with E-state index in [9.17, 15) is 93.4 Å². The molecule has 618 valence electrons. The Kier molecular flexibility index (Phi) is 32.5. The maximum atomic E-state index is 12.7. The van der Waals surface area contributed by atoms with Crippen LogP contribution in [-0.2, 0) is 48.3 Å². The number of pyridine rings is 6. The number of anilines is 14. The van der Waals surface area contributed by atoms with Crippen molar-refractivity contribution in [2.75, 3.05) is 43.0 Å². The van der Waals surface area contributed by atoms with Gasteiger partial charge in [-0.25, -0.2) is 34.7 Å². The van der Waals surface area contributed by atoms with E-state index in [4.69, 9.17) is 10.8 Å². The van der Waals surface area contributed by atoms with E-state index in [-0.39, 0.29) is 63.9 Å². The molecule has 0 saturated carbocycles. The lowest BCUT2D eigenvalue weighted by Crippen LogP contribution is -2.11. The van der Waals surface area contributed by atoms with Crippen LogP contribution >= 0.6 is 15.9 Å². The lowest BCUT2D eigenvalue weighted by molar-refractivity contribution is -0.138. The van der Waals surface area contributed by atoms with E-state index < -0.39 is 76.4 Å². The number of alkyl halides is 18. The fourth-order valence-corrected chi connectivity index (χ4v) is 10.1. The van der Waals surface area contributed by atoms with Gasteiger partial charge in [-0.1, -0.05) is 63.2 Å². The van der Waals surface area contributed by atoms with Gasteiger partial charge >= 0.3 is 43.0 Å². The highest BCUT2D eigenvalue weighted by Crippen LogP contribution is 2.39. The Morgan fingerprint density at radius 1 is 0.339 bits per heavy atom. The molecule has 0 unspecified atom stereocenters. The van der Waals surface area contributed by atoms with Crippen LogP contribution < -0.4 is 43.0 Å². The molecular formula is C81H67BrF18N14O4. The number of carbonyl (C=O) groups is 3. The highest BCUT2D eigenvalue weighted by Gasteiger charge is 2.35. The molecule has 0 saturated heterocycles. The van der Waals surface area contributed by atoms with Crippen LogP contribution in [0.25, 0.3) is 0 Å². The number of aryl methyl sites for hydroxylation is 1. The second-order valence-corrected chi connectivity index (χ2v) is 24.9. The molecule has 0 fully saturated rings. The lowest BCUT2D eigenvalue weighted by Gasteiger charge is -2.13. The summed E-state index contributed by atoms with van der Waals surface area (Å²) in [4.78, 5) is 58.2. The number of hydrogen-bond donors (Lipinski definition) is 9. The highest BCUT2D eigenvalue weighted by atomic mass is 79.9. The van der Waals surface area contributed by atoms with Crippen molar-refractivity contribution in [1.29, 1.82) is 0 Å². The predicted molar refractivity (Wildman–Crippen MR) is 416 cm³/mol. The van der Waals surface area contributed by atoms with Crippen LogP contribution in [0.5, 0.6) is 0 Å². The Hall–Kier alpha value is -13.4. The summed E-state index contributed by atoms with van der Waals surface area (Å²) >= 11 is 3.26. The molecule has 12 rings (SSSR count). The Labute approximate surface area is 669 Å². The molecule has 10 N–H and O–H groups in total. The molecule has 1 amide bonds.